The van der Waals surface area contributed by atoms with Gasteiger partial charge in [-0.15, -0.1) is 0 Å². The summed E-state index contributed by atoms with van der Waals surface area (Å²) < 4.78 is 0. The van der Waals surface area contributed by atoms with Crippen LogP contribution in [0.1, 0.15) is 220 Å². The van der Waals surface area contributed by atoms with E-state index in [2.05, 4.69) is 49.8 Å². The maximum atomic E-state index is 13.0. The Morgan fingerprint density at radius 3 is 0.823 bits per heavy atom. The van der Waals surface area contributed by atoms with Crippen LogP contribution < -0.4 is 42.5 Å². The number of rotatable bonds is 73. The average molecular weight is 2100 g/mol. The fourth-order valence-corrected chi connectivity index (χ4v) is 13.6. The fourth-order valence-electron chi connectivity index (χ4n) is 13.4. The first-order chi connectivity index (χ1) is 69.3. The van der Waals surface area contributed by atoms with E-state index in [-0.39, 0.29) is 169 Å². The van der Waals surface area contributed by atoms with Crippen LogP contribution in [0.3, 0.4) is 0 Å². The van der Waals surface area contributed by atoms with Crippen molar-refractivity contribution in [3.63, 3.8) is 0 Å². The minimum absolute atomic E-state index is 0.00660. The summed E-state index contributed by atoms with van der Waals surface area (Å²) in [4.78, 5) is 342. The summed E-state index contributed by atoms with van der Waals surface area (Å²) in [5.74, 6) is -28.4. The molecule has 0 radical (unpaired) electrons. The van der Waals surface area contributed by atoms with Crippen LogP contribution in [0.2, 0.25) is 0 Å². The number of urea groups is 1. The molecular formula is C94H122N8O44S. The molecule has 0 saturated carbocycles. The summed E-state index contributed by atoms with van der Waals surface area (Å²) in [6, 6.07) is 13.8. The van der Waals surface area contributed by atoms with Gasteiger partial charge in [-0.05, 0) is 117 Å². The number of anilines is 1. The summed E-state index contributed by atoms with van der Waals surface area (Å²) in [5, 5.41) is 137. The van der Waals surface area contributed by atoms with Crippen molar-refractivity contribution in [1.82, 2.24) is 37.2 Å². The molecule has 0 aliphatic carbocycles. The predicted octanol–water partition coefficient (Wildman–Crippen LogP) is 2.61. The zero-order valence-electron chi connectivity index (χ0n) is 79.7. The van der Waals surface area contributed by atoms with Crippen LogP contribution in [-0.2, 0) is 176 Å². The number of carbonyl (C=O) groups excluding carboxylic acids is 18. The van der Waals surface area contributed by atoms with Crippen LogP contribution in [0.25, 0.3) is 0 Å². The van der Waals surface area contributed by atoms with Gasteiger partial charge in [-0.2, -0.15) is 41.4 Å². The summed E-state index contributed by atoms with van der Waals surface area (Å²) >= 11 is 3.81. The van der Waals surface area contributed by atoms with Crippen molar-refractivity contribution >= 4 is 185 Å². The molecule has 147 heavy (non-hydrogen) atoms. The second kappa shape index (κ2) is 80.2. The molecule has 8 atom stereocenters. The molecule has 0 aromatic heterocycles. The number of thiol groups is 1. The Kier molecular flexibility index (Phi) is 73.5. The molecule has 0 unspecified atom stereocenters. The third-order valence-corrected chi connectivity index (χ3v) is 21.0. The number of aliphatic carboxylic acids is 13. The lowest BCUT2D eigenvalue weighted by atomic mass is 9.93. The van der Waals surface area contributed by atoms with E-state index in [0.29, 0.717) is 124 Å². The largest absolute Gasteiger partial charge is 0.481 e. The molecule has 53 heteroatoms. The molecule has 0 bridgehead atoms. The van der Waals surface area contributed by atoms with Crippen LogP contribution in [0.4, 0.5) is 10.5 Å². The molecule has 0 spiro atoms. The van der Waals surface area contributed by atoms with Gasteiger partial charge in [0.25, 0.3) is 0 Å². The molecule has 0 fully saturated rings. The number of ketones is 5. The van der Waals surface area contributed by atoms with Crippen LogP contribution in [0.15, 0.2) is 72.8 Å². The van der Waals surface area contributed by atoms with Crippen LogP contribution in [-0.4, -0.2) is 283 Å². The quantitative estimate of drug-likeness (QED) is 0.0285. The van der Waals surface area contributed by atoms with Gasteiger partial charge in [0.05, 0.1) is 99.5 Å². The van der Waals surface area contributed by atoms with Gasteiger partial charge in [0.2, 0.25) is 35.4 Å². The van der Waals surface area contributed by atoms with E-state index in [9.17, 15) is 151 Å². The molecule has 0 aliphatic rings. The first-order valence-electron chi connectivity index (χ1n) is 45.4. The highest BCUT2D eigenvalue weighted by Crippen LogP contribution is 2.23. The maximum absolute atomic E-state index is 13.0. The Hall–Kier alpha value is -16.3. The normalized spacial score (nSPS) is 11.8. The van der Waals surface area contributed by atoms with E-state index < -0.39 is 212 Å². The molecule has 3 rings (SSSR count). The molecule has 3 aromatic rings. The van der Waals surface area contributed by atoms with Crippen LogP contribution in [0, 0.1) is 29.6 Å². The fraction of sp³-hybridized carbons (Fsp3) is 0.511. The van der Waals surface area contributed by atoms with Crippen molar-refractivity contribution in [2.24, 2.45) is 29.6 Å². The van der Waals surface area contributed by atoms with Gasteiger partial charge >= 0.3 is 102 Å². The van der Waals surface area contributed by atoms with Gasteiger partial charge < -0.3 is 109 Å². The topological polar surface area (TPSA) is 888 Å². The number of carboxylic acid groups (broad SMARTS) is 13. The van der Waals surface area contributed by atoms with Gasteiger partial charge in [-0.1, -0.05) is 79.9 Å². The minimum atomic E-state index is -1.62. The number of carbonyl (C=O) groups is 25. The highest BCUT2D eigenvalue weighted by molar-refractivity contribution is 7.80. The SMILES string of the molecule is O=C(O)CCCCC(=O)C[C@@H](CCCCNC(=O)Cc1ccc(CC(=O)N[C@@H](CC(=O)O)C(=O)C[C@@H](CC(=O)O)C(=O)NCC(=O)O)cc1)C(=O)O.O=C(O)CCCCC(=O)C[C@@H](CCCCNC(=O)Cc1ccc(CC(=O)N[C@@H](CC(=O)O)C(=O)C[C@@H](CC(=O)O)C(=O)N[C@@H](CS)C(=O)O)cc1)C(=O)O.O=C(O)CCCCC(=O)C[C@@H](CCCCNC(=O)Nc1ccc(CC(=O)O)cc1)C(=O)O.O=C=O.O=C=O.O=C=O. The van der Waals surface area contributed by atoms with E-state index in [1.54, 1.807) is 72.8 Å². The number of hydrogen-bond donors (Lipinski definition) is 22. The second-order valence-corrected chi connectivity index (χ2v) is 33.0. The minimum Gasteiger partial charge on any atom is -0.481 e. The molecule has 52 nitrogen and oxygen atoms in total. The Balaban J connectivity index is -0.00000209. The van der Waals surface area contributed by atoms with Crippen LogP contribution in [0.5, 0.6) is 0 Å². The van der Waals surface area contributed by atoms with Gasteiger partial charge in [-0.25, -0.2) is 9.59 Å². The first kappa shape index (κ1) is 135. The number of amides is 8. The highest BCUT2D eigenvalue weighted by atomic mass is 32.1. The predicted molar refractivity (Wildman–Crippen MR) is 499 cm³/mol. The molecule has 808 valence electrons. The van der Waals surface area contributed by atoms with Crippen molar-refractivity contribution in [2.45, 2.75) is 243 Å². The van der Waals surface area contributed by atoms with Gasteiger partial charge in [-0.3, -0.25) is 110 Å². The molecule has 0 saturated heterocycles. The summed E-state index contributed by atoms with van der Waals surface area (Å²) in [7, 11) is 0. The van der Waals surface area contributed by atoms with Gasteiger partial charge in [0.15, 0.2) is 11.6 Å². The zero-order chi connectivity index (χ0) is 112. The first-order valence-corrected chi connectivity index (χ1v) is 46.0. The zero-order valence-corrected chi connectivity index (χ0v) is 80.6. The Labute approximate surface area is 843 Å². The number of unbranched alkanes of at least 4 members (excludes halogenated alkanes) is 6. The van der Waals surface area contributed by atoms with Crippen molar-refractivity contribution in [1.29, 1.82) is 0 Å². The number of nitrogens with one attached hydrogen (secondary N) is 8. The van der Waals surface area contributed by atoms with Crippen molar-refractivity contribution in [2.75, 3.05) is 37.2 Å². The summed E-state index contributed by atoms with van der Waals surface area (Å²) in [6.45, 7) is 0.0418. The number of benzene rings is 3. The van der Waals surface area contributed by atoms with Crippen molar-refractivity contribution in [3.05, 3.63) is 101 Å². The smallest absolute Gasteiger partial charge is 0.373 e. The average Bonchev–Trinajstić information content (AvgIpc) is 0.856. The summed E-state index contributed by atoms with van der Waals surface area (Å²) in [5.41, 5.74) is 3.22. The molecule has 0 heterocycles. The number of hydrogen-bond acceptors (Lipinski definition) is 32. The second-order valence-electron chi connectivity index (χ2n) is 32.6. The summed E-state index contributed by atoms with van der Waals surface area (Å²) in [6.07, 6.45) is 0.919. The van der Waals surface area contributed by atoms with Gasteiger partial charge in [0.1, 0.15) is 29.9 Å². The van der Waals surface area contributed by atoms with E-state index >= 15 is 0 Å². The van der Waals surface area contributed by atoms with E-state index in [0.717, 1.165) is 0 Å². The lowest BCUT2D eigenvalue weighted by Gasteiger charge is -2.21. The highest BCUT2D eigenvalue weighted by Gasteiger charge is 2.35. The van der Waals surface area contributed by atoms with E-state index in [1.807, 2.05) is 5.32 Å². The van der Waals surface area contributed by atoms with Crippen molar-refractivity contribution < 1.29 is 215 Å². The third-order valence-electron chi connectivity index (χ3n) is 20.6. The number of carboxylic acids is 13. The number of Topliss-reactive ketones (excluding diaryl/α,β-unsaturated/α-hetero) is 5. The molecule has 3 aromatic carbocycles. The Bertz CT molecular complexity index is 4960. The molecule has 0 aliphatic heterocycles. The van der Waals surface area contributed by atoms with Crippen LogP contribution >= 0.6 is 12.6 Å². The standard InChI is InChI=1S/C35H47N3O15S.C34H45N3O15.C22H30N2O8.3CO2/c39-24(6-1-2-7-30(43)44)15-22(34(50)51)5-3-4-12-36-28(41)13-20-8-10-21(11-9-20)14-29(42)37-25(18-32(47)48)27(40)16-23(17-31(45)46)33(49)38-26(19-54)35(52)53;38-24(6-1-2-7-29(42)43)15-22(34(51)52)5-3-4-12-35-27(40)13-20-8-10-21(11-9-20)14-28(41)37-25(18-31(46)47)26(39)16-23(17-30(44)45)33(50)36-19-32(48)49;25-18(6-1-2-7-19(26)27)14-16(21(30)31)5-3-4-12-23-22(32)24-17-10-8-15(9-11-17)13-20(28)29;3*2-1-3/h8-11,22-23,25-26,54H,1-7,12-19H2,(H,36,41)(H,37,42)(H,38,49)(H,43,44)(H,45,46)(H,47,48)(H,50,51)(H,52,53);8-11,22-23,25H,1-7,12-19H2,(H,35,40)(H,36,50)(H,37,41)(H,42,43)(H,44,45)(H,46,47)(H,48,49)(H,51,52);8-11,16H,1-7,12-14H2,(H,26,27)(H,28,29)(H,30,31)(H2,23,24,32);;;/t22-,23+,25+,26+;22-,23+,25+;16-;;;/m111.../s1. The monoisotopic (exact) mass is 2100 g/mol. The Morgan fingerprint density at radius 2 is 0.544 bits per heavy atom. The third kappa shape index (κ3) is 73.4. The molecule has 21 N–H and O–H groups in total. The molecule has 8 amide bonds. The van der Waals surface area contributed by atoms with Crippen molar-refractivity contribution in [3.8, 4) is 0 Å². The Morgan fingerprint density at radius 1 is 0.259 bits per heavy atom. The van der Waals surface area contributed by atoms with E-state index in [1.165, 1.54) is 0 Å². The van der Waals surface area contributed by atoms with Gasteiger partial charge in [0, 0.05) is 102 Å². The lowest BCUT2D eigenvalue weighted by Crippen LogP contribution is -2.47. The van der Waals surface area contributed by atoms with E-state index in [4.69, 9.17) is 64.5 Å². The molecular weight excluding hydrogens is 1980 g/mol. The lowest BCUT2D eigenvalue weighted by molar-refractivity contribution is -0.193. The maximum Gasteiger partial charge on any atom is 0.373 e.